The van der Waals surface area contributed by atoms with Crippen molar-refractivity contribution in [2.24, 2.45) is 0 Å². The third-order valence-electron chi connectivity index (χ3n) is 2.69. The van der Waals surface area contributed by atoms with Crippen LogP contribution in [0.15, 0.2) is 48.5 Å². The Labute approximate surface area is 118 Å². The number of ether oxygens (including phenoxy) is 1. The van der Waals surface area contributed by atoms with Gasteiger partial charge in [0.05, 0.1) is 4.92 Å². The molecule has 108 valence electrons. The Hall–Kier alpha value is -2.96. The van der Waals surface area contributed by atoms with Crippen LogP contribution in [0.3, 0.4) is 0 Å². The molecule has 1 N–H and O–H groups in total. The van der Waals surface area contributed by atoms with Crippen molar-refractivity contribution >= 4 is 11.7 Å². The lowest BCUT2D eigenvalue weighted by Crippen LogP contribution is -2.18. The third-order valence-corrected chi connectivity index (χ3v) is 2.69. The molecule has 0 heterocycles. The zero-order chi connectivity index (χ0) is 15.4. The summed E-state index contributed by atoms with van der Waals surface area (Å²) in [6.45, 7) is 0. The van der Waals surface area contributed by atoms with Crippen molar-refractivity contribution in [1.82, 2.24) is 0 Å². The van der Waals surface area contributed by atoms with Gasteiger partial charge in [-0.3, -0.25) is 10.1 Å². The summed E-state index contributed by atoms with van der Waals surface area (Å²) in [6, 6.07) is 10.5. The van der Waals surface area contributed by atoms with E-state index in [0.29, 0.717) is 5.56 Å². The van der Waals surface area contributed by atoms with Gasteiger partial charge in [0, 0.05) is 17.7 Å². The number of carbonyl (C=O) groups is 1. The van der Waals surface area contributed by atoms with Crippen LogP contribution >= 0.6 is 0 Å². The minimum atomic E-state index is -1.47. The Balaban J connectivity index is 2.40. The van der Waals surface area contributed by atoms with Crippen molar-refractivity contribution in [3.05, 3.63) is 70.0 Å². The van der Waals surface area contributed by atoms with Crippen LogP contribution < -0.4 is 4.74 Å². The lowest BCUT2D eigenvalue weighted by Gasteiger charge is -2.15. The van der Waals surface area contributed by atoms with E-state index in [2.05, 4.69) is 0 Å². The van der Waals surface area contributed by atoms with Gasteiger partial charge < -0.3 is 9.84 Å². The van der Waals surface area contributed by atoms with Gasteiger partial charge in [0.2, 0.25) is 11.9 Å². The number of hydrogen-bond donors (Lipinski definition) is 1. The highest BCUT2D eigenvalue weighted by Gasteiger charge is 2.26. The fraction of sp³-hybridized carbons (Fsp3) is 0.0714. The summed E-state index contributed by atoms with van der Waals surface area (Å²) in [5.41, 5.74) is -0.206. The summed E-state index contributed by atoms with van der Waals surface area (Å²) in [4.78, 5) is 21.4. The van der Waals surface area contributed by atoms with Crippen molar-refractivity contribution in [2.45, 2.75) is 6.10 Å². The Morgan fingerprint density at radius 1 is 1.24 bits per heavy atom. The van der Waals surface area contributed by atoms with Crippen molar-refractivity contribution < 1.29 is 24.0 Å². The van der Waals surface area contributed by atoms with Gasteiger partial charge in [0.25, 0.3) is 0 Å². The fourth-order valence-corrected chi connectivity index (χ4v) is 1.75. The molecule has 21 heavy (non-hydrogen) atoms. The largest absolute Gasteiger partial charge is 0.478 e. The molecule has 0 amide bonds. The molecule has 0 bridgehead atoms. The van der Waals surface area contributed by atoms with Crippen LogP contribution in [0.25, 0.3) is 0 Å². The summed E-state index contributed by atoms with van der Waals surface area (Å²) in [6.07, 6.45) is -1.47. The molecule has 2 aromatic rings. The fourth-order valence-electron chi connectivity index (χ4n) is 1.75. The van der Waals surface area contributed by atoms with Gasteiger partial charge in [0.1, 0.15) is 5.82 Å². The maximum atomic E-state index is 13.2. The first-order valence-corrected chi connectivity index (χ1v) is 5.87. The summed E-state index contributed by atoms with van der Waals surface area (Å²) in [5, 5.41) is 20.1. The molecule has 0 radical (unpaired) electrons. The zero-order valence-electron chi connectivity index (χ0n) is 10.6. The molecular weight excluding hydrogens is 281 g/mol. The van der Waals surface area contributed by atoms with Gasteiger partial charge >= 0.3 is 11.7 Å². The minimum absolute atomic E-state index is 0.295. The monoisotopic (exact) mass is 291 g/mol. The van der Waals surface area contributed by atoms with Crippen LogP contribution in [-0.2, 0) is 4.79 Å². The van der Waals surface area contributed by atoms with Gasteiger partial charge in [0.15, 0.2) is 0 Å². The summed E-state index contributed by atoms with van der Waals surface area (Å²) in [7, 11) is 0. The first kappa shape index (κ1) is 14.4. The molecule has 0 unspecified atom stereocenters. The molecule has 0 saturated heterocycles. The van der Waals surface area contributed by atoms with Gasteiger partial charge in [-0.05, 0) is 6.07 Å². The van der Waals surface area contributed by atoms with Gasteiger partial charge in [-0.25, -0.2) is 9.18 Å². The van der Waals surface area contributed by atoms with Gasteiger partial charge in [-0.15, -0.1) is 0 Å². The van der Waals surface area contributed by atoms with E-state index in [-0.39, 0.29) is 0 Å². The van der Waals surface area contributed by atoms with Crippen LogP contribution in [0.5, 0.6) is 5.75 Å². The normalized spacial score (nSPS) is 11.7. The predicted molar refractivity (Wildman–Crippen MR) is 70.5 cm³/mol. The number of rotatable bonds is 5. The number of nitro groups is 1. The SMILES string of the molecule is O=C(O)[C@@H](Oc1cc(F)ccc1[N+](=O)[O-])c1ccccc1. The second kappa shape index (κ2) is 6.00. The highest BCUT2D eigenvalue weighted by atomic mass is 19.1. The van der Waals surface area contributed by atoms with Gasteiger partial charge in [-0.1, -0.05) is 30.3 Å². The molecule has 0 saturated carbocycles. The first-order valence-electron chi connectivity index (χ1n) is 5.87. The van der Waals surface area contributed by atoms with Crippen molar-refractivity contribution in [3.8, 4) is 5.75 Å². The average molecular weight is 291 g/mol. The number of benzene rings is 2. The summed E-state index contributed by atoms with van der Waals surface area (Å²) >= 11 is 0. The Morgan fingerprint density at radius 2 is 1.90 bits per heavy atom. The quantitative estimate of drug-likeness (QED) is 0.675. The van der Waals surface area contributed by atoms with E-state index in [1.807, 2.05) is 0 Å². The van der Waals surface area contributed by atoms with Crippen molar-refractivity contribution in [2.75, 3.05) is 0 Å². The molecule has 2 aromatic carbocycles. The van der Waals surface area contributed by atoms with E-state index in [4.69, 9.17) is 4.74 Å². The molecule has 0 fully saturated rings. The van der Waals surface area contributed by atoms with Crippen LogP contribution in [0, 0.1) is 15.9 Å². The number of nitro benzene ring substituents is 1. The maximum Gasteiger partial charge on any atom is 0.349 e. The number of hydrogen-bond acceptors (Lipinski definition) is 4. The zero-order valence-corrected chi connectivity index (χ0v) is 10.6. The van der Waals surface area contributed by atoms with Crippen LogP contribution in [0.1, 0.15) is 11.7 Å². The first-order chi connectivity index (χ1) is 9.99. The van der Waals surface area contributed by atoms with E-state index in [9.17, 15) is 24.4 Å². The Kier molecular flexibility index (Phi) is 4.13. The second-order valence-corrected chi connectivity index (χ2v) is 4.12. The van der Waals surface area contributed by atoms with E-state index >= 15 is 0 Å². The van der Waals surface area contributed by atoms with Gasteiger partial charge in [-0.2, -0.15) is 0 Å². The van der Waals surface area contributed by atoms with E-state index in [0.717, 1.165) is 18.2 Å². The molecule has 0 aliphatic carbocycles. The van der Waals surface area contributed by atoms with E-state index < -0.39 is 34.3 Å². The smallest absolute Gasteiger partial charge is 0.349 e. The van der Waals surface area contributed by atoms with Crippen LogP contribution in [-0.4, -0.2) is 16.0 Å². The number of aliphatic carboxylic acids is 1. The summed E-state index contributed by atoms with van der Waals surface area (Å²) in [5.74, 6) is -2.52. The van der Waals surface area contributed by atoms with Crippen LogP contribution in [0.2, 0.25) is 0 Å². The molecule has 0 aliphatic heterocycles. The number of carboxylic acids is 1. The lowest BCUT2D eigenvalue weighted by atomic mass is 10.1. The maximum absolute atomic E-state index is 13.2. The number of nitrogens with zero attached hydrogens (tertiary/aromatic N) is 1. The molecule has 7 heteroatoms. The third kappa shape index (κ3) is 3.33. The molecule has 0 spiro atoms. The standard InChI is InChI=1S/C14H10FNO5/c15-10-6-7-11(16(19)20)12(8-10)21-13(14(17)18)9-4-2-1-3-5-9/h1-8,13H,(H,17,18)/t13-/m0/s1. The molecule has 1 atom stereocenters. The number of halogens is 1. The average Bonchev–Trinajstić information content (AvgIpc) is 2.45. The molecule has 0 aliphatic rings. The predicted octanol–water partition coefficient (Wildman–Crippen LogP) is 2.94. The van der Waals surface area contributed by atoms with E-state index in [1.54, 1.807) is 18.2 Å². The molecular formula is C14H10FNO5. The highest BCUT2D eigenvalue weighted by Crippen LogP contribution is 2.31. The summed E-state index contributed by atoms with van der Waals surface area (Å²) < 4.78 is 18.4. The Bertz CT molecular complexity index is 674. The van der Waals surface area contributed by atoms with Crippen molar-refractivity contribution in [1.29, 1.82) is 0 Å². The topological polar surface area (TPSA) is 89.7 Å². The van der Waals surface area contributed by atoms with Crippen LogP contribution in [0.4, 0.5) is 10.1 Å². The molecule has 2 rings (SSSR count). The Morgan fingerprint density at radius 3 is 2.48 bits per heavy atom. The lowest BCUT2D eigenvalue weighted by molar-refractivity contribution is -0.386. The molecule has 0 aromatic heterocycles. The second-order valence-electron chi connectivity index (χ2n) is 4.12. The highest BCUT2D eigenvalue weighted by molar-refractivity contribution is 5.75. The van der Waals surface area contributed by atoms with Crippen molar-refractivity contribution in [3.63, 3.8) is 0 Å². The number of carboxylic acid groups (broad SMARTS) is 1. The molecule has 6 nitrogen and oxygen atoms in total. The van der Waals surface area contributed by atoms with E-state index in [1.165, 1.54) is 12.1 Å². The minimum Gasteiger partial charge on any atom is -0.478 e.